The zero-order chi connectivity index (χ0) is 13.4. The summed E-state index contributed by atoms with van der Waals surface area (Å²) < 4.78 is 5.82. The number of hydrogen-bond acceptors (Lipinski definition) is 1. The van der Waals surface area contributed by atoms with E-state index in [0.29, 0.717) is 10.9 Å². The SMILES string of the molecule is CC1Cc2cc(C(Br)C3C4C5CCC(C5)C43)ccc2O1. The summed E-state index contributed by atoms with van der Waals surface area (Å²) in [5.74, 6) is 6.24. The zero-order valence-electron chi connectivity index (χ0n) is 11.9. The maximum Gasteiger partial charge on any atom is 0.123 e. The van der Waals surface area contributed by atoms with E-state index in [0.717, 1.165) is 41.8 Å². The van der Waals surface area contributed by atoms with Gasteiger partial charge in [-0.3, -0.25) is 0 Å². The van der Waals surface area contributed by atoms with Crippen LogP contribution in [0, 0.1) is 29.6 Å². The predicted octanol–water partition coefficient (Wildman–Crippen LogP) is 4.74. The van der Waals surface area contributed by atoms with E-state index < -0.39 is 0 Å². The molecule has 0 spiro atoms. The molecule has 1 aromatic carbocycles. The lowest BCUT2D eigenvalue weighted by Crippen LogP contribution is -2.05. The number of benzene rings is 1. The first kappa shape index (κ1) is 12.1. The van der Waals surface area contributed by atoms with Crippen molar-refractivity contribution in [3.05, 3.63) is 29.3 Å². The van der Waals surface area contributed by atoms with Crippen LogP contribution in [0.3, 0.4) is 0 Å². The van der Waals surface area contributed by atoms with Gasteiger partial charge in [-0.2, -0.15) is 0 Å². The van der Waals surface area contributed by atoms with Crippen LogP contribution in [-0.4, -0.2) is 6.10 Å². The third-order valence-electron chi connectivity index (χ3n) is 6.37. The highest BCUT2D eigenvalue weighted by molar-refractivity contribution is 9.09. The van der Waals surface area contributed by atoms with Crippen LogP contribution in [0.15, 0.2) is 18.2 Å². The van der Waals surface area contributed by atoms with Gasteiger partial charge < -0.3 is 4.74 Å². The van der Waals surface area contributed by atoms with E-state index in [9.17, 15) is 0 Å². The van der Waals surface area contributed by atoms with Crippen LogP contribution < -0.4 is 4.74 Å². The molecular formula is C18H21BrO. The Balaban J connectivity index is 1.40. The summed E-state index contributed by atoms with van der Waals surface area (Å²) in [6.45, 7) is 2.16. The Bertz CT molecular complexity index is 553. The average molecular weight is 333 g/mol. The highest BCUT2D eigenvalue weighted by Gasteiger charge is 2.66. The van der Waals surface area contributed by atoms with E-state index in [1.165, 1.54) is 24.0 Å². The molecule has 0 amide bonds. The van der Waals surface area contributed by atoms with Gasteiger partial charge in [0.05, 0.1) is 0 Å². The highest BCUT2D eigenvalue weighted by Crippen LogP contribution is 2.73. The van der Waals surface area contributed by atoms with Gasteiger partial charge >= 0.3 is 0 Å². The van der Waals surface area contributed by atoms with Crippen molar-refractivity contribution in [2.75, 3.05) is 0 Å². The minimum absolute atomic E-state index is 0.352. The summed E-state index contributed by atoms with van der Waals surface area (Å²) in [5.41, 5.74) is 2.90. The van der Waals surface area contributed by atoms with Crippen molar-refractivity contribution >= 4 is 15.9 Å². The molecule has 106 valence electrons. The van der Waals surface area contributed by atoms with E-state index in [4.69, 9.17) is 4.74 Å². The lowest BCUT2D eigenvalue weighted by molar-refractivity contribution is 0.254. The molecule has 0 aromatic heterocycles. The third kappa shape index (κ3) is 1.55. The van der Waals surface area contributed by atoms with Crippen LogP contribution in [0.1, 0.15) is 42.1 Å². The molecular weight excluding hydrogens is 312 g/mol. The normalized spacial score (nSPS) is 44.9. The standard InChI is InChI=1S/C18H21BrO/c1-9-6-13-8-12(4-5-14(13)20-9)18(19)17-15-10-2-3-11(7-10)16(15)17/h4-5,8-11,15-18H,2-3,6-7H2,1H3. The van der Waals surface area contributed by atoms with Gasteiger partial charge in [0.25, 0.3) is 0 Å². The van der Waals surface area contributed by atoms with Crippen molar-refractivity contribution < 1.29 is 4.74 Å². The van der Waals surface area contributed by atoms with Crippen molar-refractivity contribution in [1.29, 1.82) is 0 Å². The molecule has 20 heavy (non-hydrogen) atoms. The van der Waals surface area contributed by atoms with Crippen LogP contribution in [0.4, 0.5) is 0 Å². The monoisotopic (exact) mass is 332 g/mol. The molecule has 0 saturated heterocycles. The molecule has 1 aromatic rings. The van der Waals surface area contributed by atoms with Crippen molar-refractivity contribution in [2.24, 2.45) is 29.6 Å². The van der Waals surface area contributed by atoms with E-state index in [1.807, 2.05) is 0 Å². The first-order chi connectivity index (χ1) is 9.72. The fourth-order valence-corrected chi connectivity index (χ4v) is 6.61. The fraction of sp³-hybridized carbons (Fsp3) is 0.667. The van der Waals surface area contributed by atoms with Gasteiger partial charge in [0.2, 0.25) is 0 Å². The number of alkyl halides is 1. The average Bonchev–Trinajstić information content (AvgIpc) is 2.76. The maximum absolute atomic E-state index is 5.82. The molecule has 1 heterocycles. The van der Waals surface area contributed by atoms with E-state index in [2.05, 4.69) is 41.1 Å². The lowest BCUT2D eigenvalue weighted by Gasteiger charge is -2.15. The molecule has 6 unspecified atom stereocenters. The molecule has 3 saturated carbocycles. The Kier molecular flexibility index (Phi) is 2.43. The number of rotatable bonds is 2. The van der Waals surface area contributed by atoms with Gasteiger partial charge in [0, 0.05) is 11.2 Å². The third-order valence-corrected chi connectivity index (χ3v) is 7.51. The van der Waals surface area contributed by atoms with Crippen molar-refractivity contribution in [1.82, 2.24) is 0 Å². The molecule has 6 atom stereocenters. The molecule has 0 radical (unpaired) electrons. The van der Waals surface area contributed by atoms with Crippen LogP contribution >= 0.6 is 15.9 Å². The summed E-state index contributed by atoms with van der Waals surface area (Å²) in [4.78, 5) is 0.571. The molecule has 3 fully saturated rings. The number of fused-ring (bicyclic) bond motifs is 6. The fourth-order valence-electron chi connectivity index (χ4n) is 5.62. The molecule has 5 rings (SSSR count). The van der Waals surface area contributed by atoms with Crippen LogP contribution in [0.5, 0.6) is 5.75 Å². The summed E-state index contributed by atoms with van der Waals surface area (Å²) >= 11 is 4.03. The Morgan fingerprint density at radius 3 is 2.70 bits per heavy atom. The Morgan fingerprint density at radius 1 is 1.20 bits per heavy atom. The van der Waals surface area contributed by atoms with Gasteiger partial charge in [-0.1, -0.05) is 28.1 Å². The second-order valence-corrected chi connectivity index (χ2v) is 8.45. The molecule has 4 aliphatic rings. The minimum Gasteiger partial charge on any atom is -0.490 e. The van der Waals surface area contributed by atoms with Gasteiger partial charge in [-0.25, -0.2) is 0 Å². The summed E-state index contributed by atoms with van der Waals surface area (Å²) in [6.07, 6.45) is 5.99. The molecule has 2 bridgehead atoms. The first-order valence-corrected chi connectivity index (χ1v) is 9.07. The van der Waals surface area contributed by atoms with Gasteiger partial charge in [0.15, 0.2) is 0 Å². The highest BCUT2D eigenvalue weighted by atomic mass is 79.9. The molecule has 2 heteroatoms. The zero-order valence-corrected chi connectivity index (χ0v) is 13.5. The summed E-state index contributed by atoms with van der Waals surface area (Å²) in [5, 5.41) is 0. The van der Waals surface area contributed by atoms with Crippen molar-refractivity contribution in [3.63, 3.8) is 0 Å². The number of halogens is 1. The smallest absolute Gasteiger partial charge is 0.123 e. The lowest BCUT2D eigenvalue weighted by atomic mass is 9.96. The number of hydrogen-bond donors (Lipinski definition) is 0. The Hall–Kier alpha value is -0.500. The summed E-state index contributed by atoms with van der Waals surface area (Å²) in [6, 6.07) is 6.87. The van der Waals surface area contributed by atoms with Crippen molar-refractivity contribution in [2.45, 2.75) is 43.5 Å². The van der Waals surface area contributed by atoms with E-state index >= 15 is 0 Å². The van der Waals surface area contributed by atoms with E-state index in [1.54, 1.807) is 6.42 Å². The van der Waals surface area contributed by atoms with Gasteiger partial charge in [-0.15, -0.1) is 0 Å². The molecule has 3 aliphatic carbocycles. The molecule has 1 nitrogen and oxygen atoms in total. The first-order valence-electron chi connectivity index (χ1n) is 8.16. The second-order valence-electron chi connectivity index (χ2n) is 7.47. The van der Waals surface area contributed by atoms with Gasteiger partial charge in [-0.05, 0) is 73.0 Å². The Labute approximate surface area is 129 Å². The summed E-state index contributed by atoms with van der Waals surface area (Å²) in [7, 11) is 0. The van der Waals surface area contributed by atoms with Crippen LogP contribution in [-0.2, 0) is 6.42 Å². The van der Waals surface area contributed by atoms with Crippen LogP contribution in [0.25, 0.3) is 0 Å². The maximum atomic E-state index is 5.82. The van der Waals surface area contributed by atoms with Crippen molar-refractivity contribution in [3.8, 4) is 5.75 Å². The minimum atomic E-state index is 0.352. The van der Waals surface area contributed by atoms with E-state index in [-0.39, 0.29) is 0 Å². The second kappa shape index (κ2) is 4.03. The molecule has 1 aliphatic heterocycles. The Morgan fingerprint density at radius 2 is 1.95 bits per heavy atom. The topological polar surface area (TPSA) is 9.23 Å². The van der Waals surface area contributed by atoms with Crippen LogP contribution in [0.2, 0.25) is 0 Å². The molecule has 0 N–H and O–H groups in total. The predicted molar refractivity (Wildman–Crippen MR) is 83.2 cm³/mol. The van der Waals surface area contributed by atoms with Gasteiger partial charge in [0.1, 0.15) is 11.9 Å². The largest absolute Gasteiger partial charge is 0.490 e. The number of ether oxygens (including phenoxy) is 1. The quantitative estimate of drug-likeness (QED) is 0.711.